The Morgan fingerprint density at radius 1 is 1.53 bits per heavy atom. The number of nitrogens with zero attached hydrogens (tertiary/aromatic N) is 1. The van der Waals surface area contributed by atoms with Crippen molar-refractivity contribution >= 4 is 17.3 Å². The van der Waals surface area contributed by atoms with Gasteiger partial charge in [-0.2, -0.15) is 0 Å². The smallest absolute Gasteiger partial charge is 0.340 e. The van der Waals surface area contributed by atoms with Gasteiger partial charge in [0, 0.05) is 18.8 Å². The molecule has 0 saturated carbocycles. The molecule has 1 atom stereocenters. The molecule has 1 aliphatic rings. The Morgan fingerprint density at radius 3 is 3.00 bits per heavy atom. The lowest BCUT2D eigenvalue weighted by molar-refractivity contribution is 0.0601. The van der Waals surface area contributed by atoms with Gasteiger partial charge in [0.15, 0.2) is 0 Å². The van der Waals surface area contributed by atoms with Crippen molar-refractivity contribution < 1.29 is 9.53 Å². The molecule has 1 aliphatic heterocycles. The molecular formula is C15H22N2O2. The molecule has 2 rings (SSSR count). The summed E-state index contributed by atoms with van der Waals surface area (Å²) in [5.74, 6) is 0.387. The molecular weight excluding hydrogens is 240 g/mol. The van der Waals surface area contributed by atoms with Crippen molar-refractivity contribution in [2.75, 3.05) is 30.8 Å². The standard InChI is InChI=1S/C15H22N2O2/c1-3-11-5-4-8-17(10-11)14-7-6-12(16)9-13(14)15(18)19-2/h6-7,9,11H,3-5,8,10,16H2,1-2H3. The average Bonchev–Trinajstić information content (AvgIpc) is 2.46. The van der Waals surface area contributed by atoms with Crippen LogP contribution in [0.1, 0.15) is 36.5 Å². The van der Waals surface area contributed by atoms with E-state index in [1.165, 1.54) is 26.4 Å². The Labute approximate surface area is 114 Å². The zero-order valence-electron chi connectivity index (χ0n) is 11.7. The summed E-state index contributed by atoms with van der Waals surface area (Å²) in [6.45, 7) is 4.22. The van der Waals surface area contributed by atoms with Crippen molar-refractivity contribution in [2.45, 2.75) is 26.2 Å². The fourth-order valence-corrected chi connectivity index (χ4v) is 2.72. The zero-order chi connectivity index (χ0) is 13.8. The molecule has 4 heteroatoms. The minimum atomic E-state index is -0.319. The van der Waals surface area contributed by atoms with Crippen LogP contribution in [0.25, 0.3) is 0 Å². The van der Waals surface area contributed by atoms with E-state index in [9.17, 15) is 4.79 Å². The molecule has 104 valence electrons. The maximum absolute atomic E-state index is 11.9. The SMILES string of the molecule is CCC1CCCN(c2ccc(N)cc2C(=O)OC)C1. The molecule has 1 heterocycles. The first-order valence-electron chi connectivity index (χ1n) is 6.88. The maximum atomic E-state index is 11.9. The summed E-state index contributed by atoms with van der Waals surface area (Å²) >= 11 is 0. The van der Waals surface area contributed by atoms with Crippen LogP contribution < -0.4 is 10.6 Å². The Balaban J connectivity index is 2.30. The highest BCUT2D eigenvalue weighted by molar-refractivity contribution is 5.97. The van der Waals surface area contributed by atoms with Gasteiger partial charge in [0.2, 0.25) is 0 Å². The molecule has 19 heavy (non-hydrogen) atoms. The monoisotopic (exact) mass is 262 g/mol. The number of anilines is 2. The van der Waals surface area contributed by atoms with Crippen molar-refractivity contribution in [2.24, 2.45) is 5.92 Å². The number of ether oxygens (including phenoxy) is 1. The summed E-state index contributed by atoms with van der Waals surface area (Å²) in [6, 6.07) is 5.48. The van der Waals surface area contributed by atoms with Gasteiger partial charge in [0.25, 0.3) is 0 Å². The second-order valence-corrected chi connectivity index (χ2v) is 5.13. The van der Waals surface area contributed by atoms with Gasteiger partial charge < -0.3 is 15.4 Å². The number of carbonyl (C=O) groups is 1. The molecule has 1 saturated heterocycles. The zero-order valence-corrected chi connectivity index (χ0v) is 11.7. The fourth-order valence-electron chi connectivity index (χ4n) is 2.72. The summed E-state index contributed by atoms with van der Waals surface area (Å²) in [5.41, 5.74) is 7.88. The van der Waals surface area contributed by atoms with Crippen LogP contribution in [0.5, 0.6) is 0 Å². The van der Waals surface area contributed by atoms with Crippen molar-refractivity contribution in [1.29, 1.82) is 0 Å². The van der Waals surface area contributed by atoms with Crippen molar-refractivity contribution in [3.05, 3.63) is 23.8 Å². The topological polar surface area (TPSA) is 55.6 Å². The lowest BCUT2D eigenvalue weighted by Crippen LogP contribution is -2.36. The van der Waals surface area contributed by atoms with E-state index in [0.717, 1.165) is 18.8 Å². The van der Waals surface area contributed by atoms with E-state index < -0.39 is 0 Å². The highest BCUT2D eigenvalue weighted by atomic mass is 16.5. The Bertz CT molecular complexity index is 459. The number of carbonyl (C=O) groups excluding carboxylic acids is 1. The third-order valence-electron chi connectivity index (χ3n) is 3.86. The van der Waals surface area contributed by atoms with Gasteiger partial charge in [0.05, 0.1) is 18.4 Å². The molecule has 0 bridgehead atoms. The highest BCUT2D eigenvalue weighted by Gasteiger charge is 2.23. The molecule has 0 spiro atoms. The quantitative estimate of drug-likeness (QED) is 0.672. The minimum Gasteiger partial charge on any atom is -0.465 e. The van der Waals surface area contributed by atoms with E-state index in [0.29, 0.717) is 17.2 Å². The van der Waals surface area contributed by atoms with Crippen LogP contribution in [0.15, 0.2) is 18.2 Å². The number of methoxy groups -OCH3 is 1. The molecule has 1 aromatic carbocycles. The second kappa shape index (κ2) is 5.95. The summed E-state index contributed by atoms with van der Waals surface area (Å²) in [5, 5.41) is 0. The first-order valence-corrected chi connectivity index (χ1v) is 6.88. The number of hydrogen-bond acceptors (Lipinski definition) is 4. The lowest BCUT2D eigenvalue weighted by atomic mass is 9.94. The molecule has 1 unspecified atom stereocenters. The maximum Gasteiger partial charge on any atom is 0.340 e. The fraction of sp³-hybridized carbons (Fsp3) is 0.533. The van der Waals surface area contributed by atoms with E-state index >= 15 is 0 Å². The predicted octanol–water partition coefficient (Wildman–Crippen LogP) is 2.68. The lowest BCUT2D eigenvalue weighted by Gasteiger charge is -2.35. The van der Waals surface area contributed by atoms with Gasteiger partial charge in [-0.1, -0.05) is 13.3 Å². The van der Waals surface area contributed by atoms with Crippen molar-refractivity contribution in [3.8, 4) is 0 Å². The van der Waals surface area contributed by atoms with E-state index in [-0.39, 0.29) is 5.97 Å². The first-order chi connectivity index (χ1) is 9.15. The summed E-state index contributed by atoms with van der Waals surface area (Å²) < 4.78 is 4.85. The molecule has 1 aromatic rings. The summed E-state index contributed by atoms with van der Waals surface area (Å²) in [6.07, 6.45) is 3.62. The minimum absolute atomic E-state index is 0.319. The van der Waals surface area contributed by atoms with Crippen LogP contribution in [0.4, 0.5) is 11.4 Å². The van der Waals surface area contributed by atoms with Gasteiger partial charge in [0.1, 0.15) is 0 Å². The van der Waals surface area contributed by atoms with Crippen LogP contribution in [0.2, 0.25) is 0 Å². The molecule has 0 aromatic heterocycles. The molecule has 0 aliphatic carbocycles. The number of hydrogen-bond donors (Lipinski definition) is 1. The summed E-state index contributed by atoms with van der Waals surface area (Å²) in [7, 11) is 1.40. The van der Waals surface area contributed by atoms with E-state index in [1.807, 2.05) is 12.1 Å². The number of nitrogens with two attached hydrogens (primary N) is 1. The molecule has 0 amide bonds. The highest BCUT2D eigenvalue weighted by Crippen LogP contribution is 2.29. The average molecular weight is 262 g/mol. The van der Waals surface area contributed by atoms with Gasteiger partial charge >= 0.3 is 5.97 Å². The molecule has 2 N–H and O–H groups in total. The molecule has 0 radical (unpaired) electrons. The van der Waals surface area contributed by atoms with Gasteiger partial charge in [-0.25, -0.2) is 4.79 Å². The Hall–Kier alpha value is -1.71. The van der Waals surface area contributed by atoms with Gasteiger partial charge in [-0.05, 0) is 37.0 Å². The normalized spacial score (nSPS) is 19.3. The van der Waals surface area contributed by atoms with Crippen LogP contribution in [-0.2, 0) is 4.74 Å². The number of nitrogen functional groups attached to an aromatic ring is 1. The van der Waals surface area contributed by atoms with Gasteiger partial charge in [-0.15, -0.1) is 0 Å². The largest absolute Gasteiger partial charge is 0.465 e. The number of benzene rings is 1. The van der Waals surface area contributed by atoms with E-state index in [1.54, 1.807) is 6.07 Å². The number of rotatable bonds is 3. The predicted molar refractivity (Wildman–Crippen MR) is 77.4 cm³/mol. The number of piperidine rings is 1. The van der Waals surface area contributed by atoms with Crippen LogP contribution in [-0.4, -0.2) is 26.2 Å². The Kier molecular flexibility index (Phi) is 4.30. The first kappa shape index (κ1) is 13.7. The van der Waals surface area contributed by atoms with Gasteiger partial charge in [-0.3, -0.25) is 0 Å². The van der Waals surface area contributed by atoms with Crippen LogP contribution >= 0.6 is 0 Å². The van der Waals surface area contributed by atoms with Crippen molar-refractivity contribution in [1.82, 2.24) is 0 Å². The van der Waals surface area contributed by atoms with E-state index in [2.05, 4.69) is 11.8 Å². The molecule has 1 fully saturated rings. The molecule has 4 nitrogen and oxygen atoms in total. The van der Waals surface area contributed by atoms with Crippen LogP contribution in [0, 0.1) is 5.92 Å². The second-order valence-electron chi connectivity index (χ2n) is 5.13. The Morgan fingerprint density at radius 2 is 2.32 bits per heavy atom. The third-order valence-corrected chi connectivity index (χ3v) is 3.86. The number of esters is 1. The third kappa shape index (κ3) is 3.00. The van der Waals surface area contributed by atoms with Crippen LogP contribution in [0.3, 0.4) is 0 Å². The van der Waals surface area contributed by atoms with Crippen molar-refractivity contribution in [3.63, 3.8) is 0 Å². The van der Waals surface area contributed by atoms with E-state index in [4.69, 9.17) is 10.5 Å². The summed E-state index contributed by atoms with van der Waals surface area (Å²) in [4.78, 5) is 14.2.